The molecule has 1 aliphatic rings. The Balaban J connectivity index is 1.70. The number of methoxy groups -OCH3 is 1. The van der Waals surface area contributed by atoms with Crippen LogP contribution in [0, 0.1) is 5.82 Å². The molecule has 3 aromatic rings. The average molecular weight is 565 g/mol. The van der Waals surface area contributed by atoms with Gasteiger partial charge in [-0.2, -0.15) is 0 Å². The smallest absolute Gasteiger partial charge is 0.407 e. The number of amides is 1. The van der Waals surface area contributed by atoms with Crippen molar-refractivity contribution in [3.05, 3.63) is 46.9 Å². The minimum Gasteiger partial charge on any atom is -0.453 e. The zero-order chi connectivity index (χ0) is 27.4. The van der Waals surface area contributed by atoms with E-state index in [1.54, 1.807) is 19.2 Å². The maximum atomic E-state index is 15.2. The Hall–Kier alpha value is -3.25. The second kappa shape index (κ2) is 11.6. The van der Waals surface area contributed by atoms with Gasteiger partial charge >= 0.3 is 6.09 Å². The summed E-state index contributed by atoms with van der Waals surface area (Å²) in [5.74, 6) is 0.718. The number of nitrogens with one attached hydrogen (secondary N) is 3. The number of H-pyrrole nitrogens is 1. The molecule has 0 radical (unpaired) electrons. The Kier molecular flexibility index (Phi) is 8.51. The molecule has 1 amide bonds. The van der Waals surface area contributed by atoms with Crippen LogP contribution in [0.25, 0.3) is 22.6 Å². The van der Waals surface area contributed by atoms with Crippen LogP contribution in [0.1, 0.15) is 57.1 Å². The molecule has 10 nitrogen and oxygen atoms in total. The SMILES string of the molecule is CCCS(=O)(=O)Nc1ccc(F)c(-c2nc(C3CC3)[nH]c2-c2ccnc(CC[C@H](C)NC(=O)OC)n2)c1Cl. The van der Waals surface area contributed by atoms with E-state index in [-0.39, 0.29) is 39.7 Å². The highest BCUT2D eigenvalue weighted by Crippen LogP contribution is 2.44. The topological polar surface area (TPSA) is 139 Å². The lowest BCUT2D eigenvalue weighted by Crippen LogP contribution is -2.32. The van der Waals surface area contributed by atoms with Crippen molar-refractivity contribution >= 4 is 33.4 Å². The number of aromatic amines is 1. The fourth-order valence-electron chi connectivity index (χ4n) is 3.98. The van der Waals surface area contributed by atoms with Crippen LogP contribution in [0.4, 0.5) is 14.9 Å². The third-order valence-corrected chi connectivity index (χ3v) is 7.93. The van der Waals surface area contributed by atoms with E-state index in [4.69, 9.17) is 11.6 Å². The fraction of sp³-hybridized carbons (Fsp3) is 0.440. The second-order valence-electron chi connectivity index (χ2n) is 9.26. The molecule has 0 unspecified atom stereocenters. The van der Waals surface area contributed by atoms with Gasteiger partial charge < -0.3 is 15.0 Å². The molecule has 13 heteroatoms. The van der Waals surface area contributed by atoms with Crippen molar-refractivity contribution in [3.8, 4) is 22.6 Å². The van der Waals surface area contributed by atoms with Crippen molar-refractivity contribution in [2.75, 3.05) is 17.6 Å². The molecule has 1 aromatic carbocycles. The summed E-state index contributed by atoms with van der Waals surface area (Å²) < 4.78 is 47.1. The number of rotatable bonds is 11. The lowest BCUT2D eigenvalue weighted by Gasteiger charge is -2.13. The van der Waals surface area contributed by atoms with Gasteiger partial charge in [0.25, 0.3) is 0 Å². The van der Waals surface area contributed by atoms with Gasteiger partial charge in [0.2, 0.25) is 10.0 Å². The number of halogens is 2. The number of benzene rings is 1. The number of ether oxygens (including phenoxy) is 1. The zero-order valence-electron chi connectivity index (χ0n) is 21.3. The third-order valence-electron chi connectivity index (χ3n) is 6.06. The Morgan fingerprint density at radius 1 is 1.29 bits per heavy atom. The van der Waals surface area contributed by atoms with Crippen molar-refractivity contribution in [1.82, 2.24) is 25.3 Å². The van der Waals surface area contributed by atoms with Gasteiger partial charge in [0.05, 0.1) is 40.5 Å². The molecule has 2 aromatic heterocycles. The van der Waals surface area contributed by atoms with E-state index >= 15 is 4.39 Å². The number of aromatic nitrogens is 4. The van der Waals surface area contributed by atoms with E-state index in [0.29, 0.717) is 42.3 Å². The molecule has 1 fully saturated rings. The van der Waals surface area contributed by atoms with Gasteiger partial charge in [0.1, 0.15) is 23.2 Å². The second-order valence-corrected chi connectivity index (χ2v) is 11.5. The van der Waals surface area contributed by atoms with Crippen molar-refractivity contribution in [2.24, 2.45) is 0 Å². The molecule has 1 saturated carbocycles. The van der Waals surface area contributed by atoms with Crippen LogP contribution in [0.2, 0.25) is 5.02 Å². The van der Waals surface area contributed by atoms with Crippen LogP contribution in [-0.4, -0.2) is 53.4 Å². The number of nitrogens with zero attached hydrogens (tertiary/aromatic N) is 3. The Morgan fingerprint density at radius 2 is 2.05 bits per heavy atom. The summed E-state index contributed by atoms with van der Waals surface area (Å²) in [4.78, 5) is 28.4. The van der Waals surface area contributed by atoms with Crippen molar-refractivity contribution < 1.29 is 22.3 Å². The largest absolute Gasteiger partial charge is 0.453 e. The minimum atomic E-state index is -3.65. The molecule has 1 atom stereocenters. The Labute approximate surface area is 225 Å². The van der Waals surface area contributed by atoms with E-state index in [0.717, 1.165) is 12.8 Å². The van der Waals surface area contributed by atoms with Gasteiger partial charge in [-0.3, -0.25) is 4.72 Å². The van der Waals surface area contributed by atoms with E-state index < -0.39 is 21.9 Å². The van der Waals surface area contributed by atoms with Gasteiger partial charge in [-0.1, -0.05) is 18.5 Å². The summed E-state index contributed by atoms with van der Waals surface area (Å²) in [5, 5.41) is 2.62. The first-order chi connectivity index (χ1) is 18.1. The maximum Gasteiger partial charge on any atom is 0.407 e. The summed E-state index contributed by atoms with van der Waals surface area (Å²) in [5.41, 5.74) is 1.26. The standard InChI is InChI=1S/C25H30ClFN6O4S/c1-4-13-38(35,36)33-17-9-8-16(27)20(21(17)26)23-22(31-24(32-23)15-6-7-15)18-11-12-28-19(30-18)10-5-14(2)29-25(34)37-3/h8-9,11-12,14-15,33H,4-7,10,13H2,1-3H3,(H,29,34)(H,31,32)/t14-/m0/s1. The van der Waals surface area contributed by atoms with Crippen LogP contribution in [0.3, 0.4) is 0 Å². The van der Waals surface area contributed by atoms with E-state index in [1.807, 2.05) is 6.92 Å². The van der Waals surface area contributed by atoms with Crippen molar-refractivity contribution in [3.63, 3.8) is 0 Å². The van der Waals surface area contributed by atoms with Crippen molar-refractivity contribution in [2.45, 2.75) is 57.9 Å². The van der Waals surface area contributed by atoms with Crippen LogP contribution in [0.15, 0.2) is 24.4 Å². The average Bonchev–Trinajstić information content (AvgIpc) is 3.64. The van der Waals surface area contributed by atoms with Crippen molar-refractivity contribution in [1.29, 1.82) is 0 Å². The molecule has 3 N–H and O–H groups in total. The molecule has 204 valence electrons. The highest BCUT2D eigenvalue weighted by atomic mass is 35.5. The van der Waals surface area contributed by atoms with Gasteiger partial charge in [0.15, 0.2) is 0 Å². The molecule has 0 spiro atoms. The normalized spacial score (nSPS) is 14.2. The lowest BCUT2D eigenvalue weighted by atomic mass is 10.1. The predicted molar refractivity (Wildman–Crippen MR) is 143 cm³/mol. The summed E-state index contributed by atoms with van der Waals surface area (Å²) >= 11 is 6.59. The lowest BCUT2D eigenvalue weighted by molar-refractivity contribution is 0.167. The molecule has 38 heavy (non-hydrogen) atoms. The monoisotopic (exact) mass is 564 g/mol. The van der Waals surface area contributed by atoms with Crippen LogP contribution >= 0.6 is 11.6 Å². The zero-order valence-corrected chi connectivity index (χ0v) is 22.9. The number of carbonyl (C=O) groups is 1. The third kappa shape index (κ3) is 6.60. The first-order valence-corrected chi connectivity index (χ1v) is 14.4. The number of hydrogen-bond donors (Lipinski definition) is 3. The molecule has 4 rings (SSSR count). The Bertz CT molecular complexity index is 1430. The predicted octanol–water partition coefficient (Wildman–Crippen LogP) is 5.03. The number of hydrogen-bond acceptors (Lipinski definition) is 7. The molecular weight excluding hydrogens is 535 g/mol. The molecule has 2 heterocycles. The fourth-order valence-corrected chi connectivity index (χ4v) is 5.47. The van der Waals surface area contributed by atoms with Crippen LogP contribution < -0.4 is 10.0 Å². The Morgan fingerprint density at radius 3 is 2.74 bits per heavy atom. The molecular formula is C25H30ClFN6O4S. The summed E-state index contributed by atoms with van der Waals surface area (Å²) in [6.45, 7) is 3.60. The summed E-state index contributed by atoms with van der Waals surface area (Å²) in [6, 6.07) is 3.99. The van der Waals surface area contributed by atoms with Gasteiger partial charge in [-0.25, -0.2) is 32.6 Å². The summed E-state index contributed by atoms with van der Waals surface area (Å²) in [7, 11) is -2.34. The number of aryl methyl sites for hydroxylation is 1. The quantitative estimate of drug-likeness (QED) is 0.297. The van der Waals surface area contributed by atoms with Gasteiger partial charge in [0, 0.05) is 24.6 Å². The highest BCUT2D eigenvalue weighted by Gasteiger charge is 2.31. The number of anilines is 1. The first kappa shape index (κ1) is 27.8. The van der Waals surface area contributed by atoms with Gasteiger partial charge in [-0.05, 0) is 50.8 Å². The minimum absolute atomic E-state index is 0.0161. The van der Waals surface area contributed by atoms with Crippen LogP contribution in [-0.2, 0) is 21.2 Å². The first-order valence-electron chi connectivity index (χ1n) is 12.4. The molecule has 0 aliphatic heterocycles. The maximum absolute atomic E-state index is 15.2. The number of alkyl carbamates (subject to hydrolysis) is 1. The van der Waals surface area contributed by atoms with Crippen LogP contribution in [0.5, 0.6) is 0 Å². The number of imidazole rings is 1. The number of sulfonamides is 1. The molecule has 0 saturated heterocycles. The summed E-state index contributed by atoms with van der Waals surface area (Å²) in [6.07, 6.45) is 4.47. The highest BCUT2D eigenvalue weighted by molar-refractivity contribution is 7.92. The van der Waals surface area contributed by atoms with Gasteiger partial charge in [-0.15, -0.1) is 0 Å². The molecule has 0 bridgehead atoms. The van der Waals surface area contributed by atoms with E-state index in [1.165, 1.54) is 19.2 Å². The molecule has 1 aliphatic carbocycles. The number of carbonyl (C=O) groups excluding carboxylic acids is 1. The van der Waals surface area contributed by atoms with E-state index in [2.05, 4.69) is 34.7 Å². The van der Waals surface area contributed by atoms with E-state index in [9.17, 15) is 13.2 Å².